The van der Waals surface area contributed by atoms with E-state index in [2.05, 4.69) is 22.1 Å². The summed E-state index contributed by atoms with van der Waals surface area (Å²) in [5.41, 5.74) is 0.907. The summed E-state index contributed by atoms with van der Waals surface area (Å²) in [6.07, 6.45) is 0. The van der Waals surface area contributed by atoms with Crippen molar-refractivity contribution in [2.45, 2.75) is 6.92 Å². The van der Waals surface area contributed by atoms with Crippen LogP contribution in [0.15, 0.2) is 18.2 Å². The molecular weight excluding hydrogens is 248 g/mol. The van der Waals surface area contributed by atoms with Crippen LogP contribution >= 0.6 is 11.3 Å². The third kappa shape index (κ3) is 2.99. The van der Waals surface area contributed by atoms with Gasteiger partial charge in [-0.15, -0.1) is 11.3 Å². The lowest BCUT2D eigenvalue weighted by atomic mass is 10.3. The smallest absolute Gasteiger partial charge is 0.217 e. The van der Waals surface area contributed by atoms with E-state index in [1.165, 1.54) is 18.3 Å². The topological polar surface area (TPSA) is 51.2 Å². The molecule has 1 aromatic heterocycles. The van der Waals surface area contributed by atoms with E-state index in [1.54, 1.807) is 7.11 Å². The fraction of sp³-hybridized carbons (Fsp3) is 0.231. The first-order valence-corrected chi connectivity index (χ1v) is 6.18. The van der Waals surface area contributed by atoms with Crippen LogP contribution in [0.5, 0.6) is 5.75 Å². The monoisotopic (exact) mass is 260 g/mol. The molecule has 0 radical (unpaired) electrons. The number of thiazole rings is 1. The molecule has 0 unspecified atom stereocenters. The summed E-state index contributed by atoms with van der Waals surface area (Å²) in [5.74, 6) is 6.51. The highest BCUT2D eigenvalue weighted by molar-refractivity contribution is 7.19. The Labute approximate surface area is 109 Å². The first kappa shape index (κ1) is 12.4. The van der Waals surface area contributed by atoms with E-state index in [1.807, 2.05) is 18.2 Å². The zero-order valence-corrected chi connectivity index (χ0v) is 10.9. The van der Waals surface area contributed by atoms with E-state index in [4.69, 9.17) is 4.74 Å². The average Bonchev–Trinajstić information content (AvgIpc) is 2.75. The summed E-state index contributed by atoms with van der Waals surface area (Å²) in [5, 5.41) is 3.35. The number of hydrogen-bond donors (Lipinski definition) is 1. The van der Waals surface area contributed by atoms with Crippen molar-refractivity contribution in [1.29, 1.82) is 0 Å². The standard InChI is InChI=1S/C13H12N2O2S/c1-9(16)14-7-3-4-13-15-11-6-5-10(17-2)8-12(11)18-13/h5-6,8H,7H2,1-2H3,(H,14,16). The van der Waals surface area contributed by atoms with E-state index in [-0.39, 0.29) is 5.91 Å². The number of fused-ring (bicyclic) bond motifs is 1. The molecular formula is C13H12N2O2S. The Morgan fingerprint density at radius 2 is 2.39 bits per heavy atom. The number of carbonyl (C=O) groups is 1. The second kappa shape index (κ2) is 5.52. The number of amides is 1. The van der Waals surface area contributed by atoms with Crippen molar-refractivity contribution in [3.8, 4) is 17.6 Å². The van der Waals surface area contributed by atoms with Gasteiger partial charge in [0, 0.05) is 6.92 Å². The summed E-state index contributed by atoms with van der Waals surface area (Å²) in [6, 6.07) is 5.71. The van der Waals surface area contributed by atoms with Crippen LogP contribution in [0.4, 0.5) is 0 Å². The van der Waals surface area contributed by atoms with Crippen molar-refractivity contribution >= 4 is 27.5 Å². The Morgan fingerprint density at radius 3 is 3.11 bits per heavy atom. The minimum atomic E-state index is -0.0849. The van der Waals surface area contributed by atoms with Crippen molar-refractivity contribution in [2.75, 3.05) is 13.7 Å². The molecule has 18 heavy (non-hydrogen) atoms. The van der Waals surface area contributed by atoms with Crippen LogP contribution < -0.4 is 10.1 Å². The van der Waals surface area contributed by atoms with Crippen LogP contribution in [-0.4, -0.2) is 24.5 Å². The summed E-state index contributed by atoms with van der Waals surface area (Å²) >= 11 is 1.51. The van der Waals surface area contributed by atoms with E-state index in [9.17, 15) is 4.79 Å². The predicted octanol–water partition coefficient (Wildman–Crippen LogP) is 1.79. The number of nitrogens with one attached hydrogen (secondary N) is 1. The molecule has 0 bridgehead atoms. The minimum absolute atomic E-state index is 0.0849. The molecule has 0 atom stereocenters. The maximum absolute atomic E-state index is 10.7. The van der Waals surface area contributed by atoms with Crippen molar-refractivity contribution < 1.29 is 9.53 Å². The summed E-state index contributed by atoms with van der Waals surface area (Å²) < 4.78 is 6.19. The van der Waals surface area contributed by atoms with Gasteiger partial charge < -0.3 is 10.1 Å². The lowest BCUT2D eigenvalue weighted by Gasteiger charge is -1.96. The number of ether oxygens (including phenoxy) is 1. The molecule has 4 nitrogen and oxygen atoms in total. The Kier molecular flexibility index (Phi) is 3.80. The van der Waals surface area contributed by atoms with Gasteiger partial charge >= 0.3 is 0 Å². The molecule has 2 rings (SSSR count). The maximum Gasteiger partial charge on any atom is 0.217 e. The molecule has 1 amide bonds. The summed E-state index contributed by atoms with van der Waals surface area (Å²) in [4.78, 5) is 15.0. The van der Waals surface area contributed by atoms with E-state index in [0.717, 1.165) is 21.0 Å². The number of nitrogens with zero attached hydrogens (tertiary/aromatic N) is 1. The molecule has 2 aromatic rings. The number of benzene rings is 1. The van der Waals surface area contributed by atoms with Crippen LogP contribution in [0.1, 0.15) is 11.9 Å². The zero-order valence-electron chi connectivity index (χ0n) is 10.1. The van der Waals surface area contributed by atoms with Gasteiger partial charge in [-0.25, -0.2) is 4.98 Å². The van der Waals surface area contributed by atoms with E-state index < -0.39 is 0 Å². The number of hydrogen-bond acceptors (Lipinski definition) is 4. The second-order valence-corrected chi connectivity index (χ2v) is 4.59. The van der Waals surface area contributed by atoms with Gasteiger partial charge in [0.25, 0.3) is 0 Å². The second-order valence-electron chi connectivity index (χ2n) is 3.56. The molecule has 0 aliphatic heterocycles. The van der Waals surface area contributed by atoms with E-state index >= 15 is 0 Å². The Balaban J connectivity index is 2.17. The van der Waals surface area contributed by atoms with Crippen molar-refractivity contribution in [3.63, 3.8) is 0 Å². The number of carbonyl (C=O) groups excluding carboxylic acids is 1. The molecule has 0 saturated carbocycles. The largest absolute Gasteiger partial charge is 0.497 e. The van der Waals surface area contributed by atoms with Gasteiger partial charge in [-0.2, -0.15) is 0 Å². The lowest BCUT2D eigenvalue weighted by Crippen LogP contribution is -2.19. The molecule has 0 aliphatic rings. The van der Waals surface area contributed by atoms with Gasteiger partial charge in [-0.3, -0.25) is 4.79 Å². The average molecular weight is 260 g/mol. The van der Waals surface area contributed by atoms with Gasteiger partial charge in [-0.05, 0) is 24.1 Å². The van der Waals surface area contributed by atoms with Crippen LogP contribution in [0.2, 0.25) is 0 Å². The maximum atomic E-state index is 10.7. The fourth-order valence-electron chi connectivity index (χ4n) is 1.37. The van der Waals surface area contributed by atoms with Gasteiger partial charge in [0.05, 0.1) is 23.9 Å². The third-order valence-electron chi connectivity index (χ3n) is 2.22. The Bertz CT molecular complexity index is 637. The number of methoxy groups -OCH3 is 1. The third-order valence-corrected chi connectivity index (χ3v) is 3.15. The fourth-order valence-corrected chi connectivity index (χ4v) is 2.24. The first-order chi connectivity index (χ1) is 8.69. The highest BCUT2D eigenvalue weighted by atomic mass is 32.1. The molecule has 0 aliphatic carbocycles. The molecule has 1 heterocycles. The van der Waals surface area contributed by atoms with Crippen molar-refractivity contribution in [3.05, 3.63) is 23.2 Å². The lowest BCUT2D eigenvalue weighted by molar-refractivity contribution is -0.118. The van der Waals surface area contributed by atoms with Crippen LogP contribution in [0, 0.1) is 11.8 Å². The molecule has 92 valence electrons. The van der Waals surface area contributed by atoms with Gasteiger partial charge in [0.2, 0.25) is 5.91 Å². The Morgan fingerprint density at radius 1 is 1.56 bits per heavy atom. The van der Waals surface area contributed by atoms with E-state index in [0.29, 0.717) is 6.54 Å². The summed E-state index contributed by atoms with van der Waals surface area (Å²) in [6.45, 7) is 1.81. The molecule has 0 spiro atoms. The normalized spacial score (nSPS) is 9.67. The first-order valence-electron chi connectivity index (χ1n) is 5.37. The van der Waals surface area contributed by atoms with Gasteiger partial charge in [0.1, 0.15) is 5.75 Å². The predicted molar refractivity (Wildman–Crippen MR) is 71.7 cm³/mol. The van der Waals surface area contributed by atoms with Crippen LogP contribution in [-0.2, 0) is 4.79 Å². The highest BCUT2D eigenvalue weighted by Gasteiger charge is 2.02. The van der Waals surface area contributed by atoms with Crippen LogP contribution in [0.25, 0.3) is 10.2 Å². The molecule has 1 N–H and O–H groups in total. The van der Waals surface area contributed by atoms with Gasteiger partial charge in [0.15, 0.2) is 5.01 Å². The molecule has 1 aromatic carbocycles. The SMILES string of the molecule is COc1ccc2nc(C#CCNC(C)=O)sc2c1. The van der Waals surface area contributed by atoms with Crippen LogP contribution in [0.3, 0.4) is 0 Å². The number of aromatic nitrogens is 1. The van der Waals surface area contributed by atoms with Crippen molar-refractivity contribution in [1.82, 2.24) is 10.3 Å². The van der Waals surface area contributed by atoms with Crippen molar-refractivity contribution in [2.24, 2.45) is 0 Å². The van der Waals surface area contributed by atoms with Gasteiger partial charge in [-0.1, -0.05) is 5.92 Å². The Hall–Kier alpha value is -2.06. The minimum Gasteiger partial charge on any atom is -0.497 e. The molecule has 5 heteroatoms. The molecule has 0 saturated heterocycles. The summed E-state index contributed by atoms with van der Waals surface area (Å²) in [7, 11) is 1.64. The zero-order chi connectivity index (χ0) is 13.0. The molecule has 0 fully saturated rings. The highest BCUT2D eigenvalue weighted by Crippen LogP contribution is 2.25. The quantitative estimate of drug-likeness (QED) is 0.838. The number of rotatable bonds is 2.